The maximum atomic E-state index is 12.2. The lowest BCUT2D eigenvalue weighted by molar-refractivity contribution is -0.159. The Hall–Kier alpha value is -2.25. The van der Waals surface area contributed by atoms with Crippen LogP contribution in [0.4, 0.5) is 13.2 Å². The number of rotatable bonds is 6. The van der Waals surface area contributed by atoms with Crippen LogP contribution in [0.2, 0.25) is 0 Å². The summed E-state index contributed by atoms with van der Waals surface area (Å²) in [6.07, 6.45) is -3.90. The molecule has 1 aromatic rings. The van der Waals surface area contributed by atoms with Crippen molar-refractivity contribution in [1.82, 2.24) is 4.90 Å². The molecule has 0 aliphatic heterocycles. The van der Waals surface area contributed by atoms with Crippen LogP contribution in [0, 0.1) is 0 Å². The van der Waals surface area contributed by atoms with Crippen molar-refractivity contribution < 1.29 is 32.2 Å². The third kappa shape index (κ3) is 5.33. The van der Waals surface area contributed by atoms with Crippen LogP contribution in [-0.2, 0) is 4.79 Å². The van der Waals surface area contributed by atoms with Gasteiger partial charge in [0.05, 0.1) is 7.11 Å². The molecule has 5 nitrogen and oxygen atoms in total. The second-order valence-electron chi connectivity index (χ2n) is 4.18. The fraction of sp³-hybridized carbons (Fsp3) is 0.385. The zero-order chi connectivity index (χ0) is 16.0. The first kappa shape index (κ1) is 16.8. The largest absolute Gasteiger partial charge is 0.493 e. The van der Waals surface area contributed by atoms with Gasteiger partial charge in [0.2, 0.25) is 0 Å². The molecular formula is C13H14F3NO4. The summed E-state index contributed by atoms with van der Waals surface area (Å²) in [4.78, 5) is 22.7. The number of hydrogen-bond acceptors (Lipinski definition) is 4. The molecule has 0 aliphatic carbocycles. The molecule has 0 spiro atoms. The third-order valence-electron chi connectivity index (χ3n) is 2.52. The van der Waals surface area contributed by atoms with Crippen LogP contribution in [0.5, 0.6) is 11.5 Å². The first-order valence-electron chi connectivity index (χ1n) is 5.83. The smallest absolute Gasteiger partial charge is 0.406 e. The number of alkyl halides is 3. The summed E-state index contributed by atoms with van der Waals surface area (Å²) in [6.45, 7) is -1.95. The van der Waals surface area contributed by atoms with Crippen LogP contribution in [-0.4, -0.2) is 50.6 Å². The fourth-order valence-electron chi connectivity index (χ4n) is 1.49. The Kier molecular flexibility index (Phi) is 5.57. The molecule has 0 aromatic heterocycles. The second-order valence-corrected chi connectivity index (χ2v) is 4.18. The summed E-state index contributed by atoms with van der Waals surface area (Å²) < 4.78 is 46.6. The minimum atomic E-state index is -4.47. The first-order valence-corrected chi connectivity index (χ1v) is 5.83. The molecule has 8 heteroatoms. The van der Waals surface area contributed by atoms with Gasteiger partial charge in [-0.3, -0.25) is 9.59 Å². The highest BCUT2D eigenvalue weighted by molar-refractivity contribution is 5.78. The summed E-state index contributed by atoms with van der Waals surface area (Å²) in [6, 6.07) is 4.28. The van der Waals surface area contributed by atoms with Crippen LogP contribution in [0.15, 0.2) is 18.2 Å². The predicted octanol–water partition coefficient (Wildman–Crippen LogP) is 1.91. The van der Waals surface area contributed by atoms with Crippen molar-refractivity contribution in [3.63, 3.8) is 0 Å². The molecule has 21 heavy (non-hydrogen) atoms. The normalized spacial score (nSPS) is 10.9. The van der Waals surface area contributed by atoms with E-state index >= 15 is 0 Å². The quantitative estimate of drug-likeness (QED) is 0.753. The van der Waals surface area contributed by atoms with E-state index in [1.807, 2.05) is 0 Å². The highest BCUT2D eigenvalue weighted by atomic mass is 19.4. The second kappa shape index (κ2) is 6.96. The van der Waals surface area contributed by atoms with E-state index in [1.165, 1.54) is 25.3 Å². The number of carbonyl (C=O) groups is 2. The average Bonchev–Trinajstić information content (AvgIpc) is 2.42. The van der Waals surface area contributed by atoms with Gasteiger partial charge in [-0.2, -0.15) is 13.2 Å². The van der Waals surface area contributed by atoms with Gasteiger partial charge in [0.25, 0.3) is 5.91 Å². The number of nitrogens with zero attached hydrogens (tertiary/aromatic N) is 1. The molecule has 0 saturated carbocycles. The van der Waals surface area contributed by atoms with E-state index in [2.05, 4.69) is 0 Å². The Balaban J connectivity index is 2.70. The Morgan fingerprint density at radius 3 is 2.52 bits per heavy atom. The van der Waals surface area contributed by atoms with Crippen molar-refractivity contribution in [3.8, 4) is 11.5 Å². The number of likely N-dealkylation sites (N-methyl/N-ethyl adjacent to an activating group) is 1. The molecule has 1 aromatic carbocycles. The zero-order valence-corrected chi connectivity index (χ0v) is 11.4. The monoisotopic (exact) mass is 305 g/mol. The van der Waals surface area contributed by atoms with Gasteiger partial charge in [0.15, 0.2) is 18.1 Å². The van der Waals surface area contributed by atoms with E-state index in [0.29, 0.717) is 16.7 Å². The van der Waals surface area contributed by atoms with Crippen molar-refractivity contribution in [2.75, 3.05) is 27.3 Å². The van der Waals surface area contributed by atoms with Crippen molar-refractivity contribution in [3.05, 3.63) is 23.8 Å². The number of amides is 1. The van der Waals surface area contributed by atoms with Crippen LogP contribution < -0.4 is 9.47 Å². The Morgan fingerprint density at radius 2 is 2.00 bits per heavy atom. The zero-order valence-electron chi connectivity index (χ0n) is 11.4. The SMILES string of the molecule is COc1ccc(C=O)cc1OCC(=O)N(C)CC(F)(F)F. The van der Waals surface area contributed by atoms with E-state index in [9.17, 15) is 22.8 Å². The van der Waals surface area contributed by atoms with Crippen LogP contribution >= 0.6 is 0 Å². The average molecular weight is 305 g/mol. The topological polar surface area (TPSA) is 55.8 Å². The van der Waals surface area contributed by atoms with Gasteiger partial charge < -0.3 is 14.4 Å². The molecule has 1 rings (SSSR count). The fourth-order valence-corrected chi connectivity index (χ4v) is 1.49. The molecular weight excluding hydrogens is 291 g/mol. The van der Waals surface area contributed by atoms with Gasteiger partial charge in [-0.25, -0.2) is 0 Å². The lowest BCUT2D eigenvalue weighted by atomic mass is 10.2. The van der Waals surface area contributed by atoms with Crippen LogP contribution in [0.25, 0.3) is 0 Å². The lowest BCUT2D eigenvalue weighted by Gasteiger charge is -2.19. The standard InChI is InChI=1S/C13H14F3NO4/c1-17(8-13(14,15)16)12(19)7-21-11-5-9(6-18)3-4-10(11)20-2/h3-6H,7-8H2,1-2H3. The van der Waals surface area contributed by atoms with Gasteiger partial charge in [0.1, 0.15) is 12.8 Å². The molecule has 0 heterocycles. The minimum Gasteiger partial charge on any atom is -0.493 e. The number of ether oxygens (including phenoxy) is 2. The summed E-state index contributed by atoms with van der Waals surface area (Å²) in [5.41, 5.74) is 0.293. The van der Waals surface area contributed by atoms with Gasteiger partial charge in [-0.05, 0) is 18.2 Å². The molecule has 0 radical (unpaired) electrons. The molecule has 0 atom stereocenters. The molecule has 0 bridgehead atoms. The lowest BCUT2D eigenvalue weighted by Crippen LogP contribution is -2.38. The summed E-state index contributed by atoms with van der Waals surface area (Å²) in [7, 11) is 2.39. The number of halogens is 3. The first-order chi connectivity index (χ1) is 9.76. The molecule has 0 N–H and O–H groups in total. The molecule has 1 amide bonds. The number of hydrogen-bond donors (Lipinski definition) is 0. The highest BCUT2D eigenvalue weighted by Gasteiger charge is 2.31. The van der Waals surface area contributed by atoms with Gasteiger partial charge >= 0.3 is 6.18 Å². The molecule has 0 fully saturated rings. The number of benzene rings is 1. The minimum absolute atomic E-state index is 0.107. The van der Waals surface area contributed by atoms with E-state index in [1.54, 1.807) is 0 Å². The van der Waals surface area contributed by atoms with Crippen LogP contribution in [0.3, 0.4) is 0 Å². The Labute approximate surface area is 119 Å². The van der Waals surface area contributed by atoms with Gasteiger partial charge in [0, 0.05) is 12.6 Å². The van der Waals surface area contributed by atoms with E-state index in [-0.39, 0.29) is 11.5 Å². The Morgan fingerprint density at radius 1 is 1.33 bits per heavy atom. The molecule has 0 saturated heterocycles. The maximum absolute atomic E-state index is 12.2. The highest BCUT2D eigenvalue weighted by Crippen LogP contribution is 2.27. The third-order valence-corrected chi connectivity index (χ3v) is 2.52. The number of carbonyl (C=O) groups excluding carboxylic acids is 2. The van der Waals surface area contributed by atoms with Gasteiger partial charge in [-0.15, -0.1) is 0 Å². The predicted molar refractivity (Wildman–Crippen MR) is 67.6 cm³/mol. The van der Waals surface area contributed by atoms with Crippen LogP contribution in [0.1, 0.15) is 10.4 Å². The Bertz CT molecular complexity index is 517. The van der Waals surface area contributed by atoms with E-state index < -0.39 is 25.2 Å². The summed E-state index contributed by atoms with van der Waals surface area (Å²) in [5, 5.41) is 0. The molecule has 0 aliphatic rings. The van der Waals surface area contributed by atoms with E-state index in [0.717, 1.165) is 7.05 Å². The van der Waals surface area contributed by atoms with Crippen molar-refractivity contribution in [2.24, 2.45) is 0 Å². The van der Waals surface area contributed by atoms with E-state index in [4.69, 9.17) is 9.47 Å². The number of methoxy groups -OCH3 is 1. The summed E-state index contributed by atoms with van der Waals surface area (Å²) >= 11 is 0. The molecule has 0 unspecified atom stereocenters. The summed E-state index contributed by atoms with van der Waals surface area (Å²) in [5.74, 6) is -0.464. The maximum Gasteiger partial charge on any atom is 0.406 e. The van der Waals surface area contributed by atoms with Crippen molar-refractivity contribution in [1.29, 1.82) is 0 Å². The number of aldehydes is 1. The van der Waals surface area contributed by atoms with Gasteiger partial charge in [-0.1, -0.05) is 0 Å². The van der Waals surface area contributed by atoms with Crippen molar-refractivity contribution in [2.45, 2.75) is 6.18 Å². The molecule has 116 valence electrons. The van der Waals surface area contributed by atoms with Crippen molar-refractivity contribution >= 4 is 12.2 Å².